The van der Waals surface area contributed by atoms with Gasteiger partial charge in [0.25, 0.3) is 5.91 Å². The van der Waals surface area contributed by atoms with Gasteiger partial charge in [0.05, 0.1) is 23.2 Å². The molecule has 210 valence electrons. The van der Waals surface area contributed by atoms with Crippen molar-refractivity contribution in [2.75, 3.05) is 20.7 Å². The molecular formula is C28H35N3O7S. The molecule has 1 saturated carbocycles. The Morgan fingerprint density at radius 2 is 1.95 bits per heavy atom. The Balaban J connectivity index is 1.71. The van der Waals surface area contributed by atoms with Gasteiger partial charge < -0.3 is 19.6 Å². The number of nitrogens with zero attached hydrogens (tertiary/aromatic N) is 2. The maximum atomic E-state index is 13.0. The summed E-state index contributed by atoms with van der Waals surface area (Å²) < 4.78 is 36.9. The lowest BCUT2D eigenvalue weighted by Crippen LogP contribution is -2.38. The van der Waals surface area contributed by atoms with E-state index in [0.717, 1.165) is 36.0 Å². The zero-order chi connectivity index (χ0) is 28.3. The highest BCUT2D eigenvalue weighted by molar-refractivity contribution is 7.69. The fourth-order valence-corrected chi connectivity index (χ4v) is 5.24. The SMILES string of the molecule is CCc1ccc(-c2oc3nc(CN(CCCC(C)(OC)C(=O)O)[SH](=O)=O)c(C4CC4)cc3c2C(=O)NC)cc1. The monoisotopic (exact) mass is 557 g/mol. The number of carboxylic acids is 1. The van der Waals surface area contributed by atoms with E-state index in [9.17, 15) is 23.1 Å². The maximum absolute atomic E-state index is 13.0. The molecule has 0 saturated heterocycles. The van der Waals surface area contributed by atoms with Crippen LogP contribution in [-0.2, 0) is 33.4 Å². The smallest absolute Gasteiger partial charge is 0.335 e. The van der Waals surface area contributed by atoms with Crippen LogP contribution >= 0.6 is 0 Å². The van der Waals surface area contributed by atoms with Gasteiger partial charge >= 0.3 is 5.97 Å². The summed E-state index contributed by atoms with van der Waals surface area (Å²) in [6, 6.07) is 9.73. The Bertz CT molecular complexity index is 1440. The van der Waals surface area contributed by atoms with Gasteiger partial charge in [-0.25, -0.2) is 18.2 Å². The van der Waals surface area contributed by atoms with Crippen LogP contribution in [0.5, 0.6) is 0 Å². The molecule has 2 heterocycles. The second kappa shape index (κ2) is 11.8. The molecule has 0 aliphatic heterocycles. The highest BCUT2D eigenvalue weighted by Gasteiger charge is 2.34. The minimum absolute atomic E-state index is 0.0216. The molecule has 39 heavy (non-hydrogen) atoms. The summed E-state index contributed by atoms with van der Waals surface area (Å²) >= 11 is 0. The van der Waals surface area contributed by atoms with Crippen LogP contribution in [0.4, 0.5) is 0 Å². The van der Waals surface area contributed by atoms with Gasteiger partial charge in [0.1, 0.15) is 5.76 Å². The van der Waals surface area contributed by atoms with Crippen molar-refractivity contribution in [2.24, 2.45) is 0 Å². The van der Waals surface area contributed by atoms with E-state index in [1.165, 1.54) is 18.3 Å². The van der Waals surface area contributed by atoms with Crippen LogP contribution < -0.4 is 5.32 Å². The molecule has 2 aromatic heterocycles. The first-order chi connectivity index (χ1) is 18.6. The number of carbonyl (C=O) groups is 2. The van der Waals surface area contributed by atoms with Crippen LogP contribution in [0.2, 0.25) is 0 Å². The lowest BCUT2D eigenvalue weighted by atomic mass is 10.00. The number of nitrogens with one attached hydrogen (secondary N) is 1. The fraction of sp³-hybridized carbons (Fsp3) is 0.464. The topological polar surface area (TPSA) is 139 Å². The summed E-state index contributed by atoms with van der Waals surface area (Å²) in [5.74, 6) is -0.746. The molecule has 3 aromatic rings. The number of aryl methyl sites for hydroxylation is 1. The predicted octanol–water partition coefficient (Wildman–Crippen LogP) is 3.89. The Labute approximate surface area is 229 Å². The molecule has 0 bridgehead atoms. The first-order valence-electron chi connectivity index (χ1n) is 13.1. The molecule has 1 fully saturated rings. The van der Waals surface area contributed by atoms with Gasteiger partial charge in [-0.2, -0.15) is 4.31 Å². The normalized spacial score (nSPS) is 15.1. The van der Waals surface area contributed by atoms with Crippen molar-refractivity contribution in [3.8, 4) is 11.3 Å². The van der Waals surface area contributed by atoms with E-state index in [1.807, 2.05) is 30.3 Å². The molecule has 2 N–H and O–H groups in total. The minimum Gasteiger partial charge on any atom is -0.479 e. The number of amides is 1. The van der Waals surface area contributed by atoms with E-state index in [-0.39, 0.29) is 37.0 Å². The second-order valence-corrected chi connectivity index (χ2v) is 11.1. The van der Waals surface area contributed by atoms with Crippen molar-refractivity contribution in [1.82, 2.24) is 14.6 Å². The number of hydrogen-bond acceptors (Lipinski definition) is 7. The number of furan rings is 1. The van der Waals surface area contributed by atoms with E-state index in [4.69, 9.17) is 14.1 Å². The molecular weight excluding hydrogens is 522 g/mol. The van der Waals surface area contributed by atoms with Gasteiger partial charge in [0.2, 0.25) is 16.6 Å². The van der Waals surface area contributed by atoms with Gasteiger partial charge in [-0.1, -0.05) is 31.2 Å². The summed E-state index contributed by atoms with van der Waals surface area (Å²) in [7, 11) is -0.0647. The number of methoxy groups -OCH3 is 1. The maximum Gasteiger partial charge on any atom is 0.335 e. The van der Waals surface area contributed by atoms with Gasteiger partial charge in [0, 0.05) is 26.3 Å². The number of pyridine rings is 1. The average Bonchev–Trinajstić information content (AvgIpc) is 3.71. The van der Waals surface area contributed by atoms with Crippen molar-refractivity contribution >= 4 is 33.9 Å². The van der Waals surface area contributed by atoms with E-state index < -0.39 is 22.5 Å². The summed E-state index contributed by atoms with van der Waals surface area (Å²) in [6.07, 6.45) is 3.23. The standard InChI is InChI=1S/C28H35N3O7S/c1-5-17-7-9-19(10-8-17)24-23(25(32)29-3)21-15-20(18-11-12-18)22(30-26(21)38-24)16-31(39(35)36)14-6-13-28(2,37-4)27(33)34/h7-10,15,18,39H,5-6,11-14,16H2,1-4H3,(H,29,32)(H,33,34). The van der Waals surface area contributed by atoms with Crippen molar-refractivity contribution in [3.05, 3.63) is 52.7 Å². The Morgan fingerprint density at radius 3 is 2.49 bits per heavy atom. The van der Waals surface area contributed by atoms with E-state index >= 15 is 0 Å². The highest BCUT2D eigenvalue weighted by Crippen LogP contribution is 2.44. The number of aliphatic carboxylic acids is 1. The molecule has 10 nitrogen and oxygen atoms in total. The fourth-order valence-electron chi connectivity index (χ4n) is 4.68. The van der Waals surface area contributed by atoms with Gasteiger partial charge in [-0.05, 0) is 62.1 Å². The van der Waals surface area contributed by atoms with E-state index in [0.29, 0.717) is 28.8 Å². The lowest BCUT2D eigenvalue weighted by molar-refractivity contribution is -0.161. The number of carboxylic acid groups (broad SMARTS) is 1. The Hall–Kier alpha value is -3.28. The number of carbonyl (C=O) groups excluding carboxylic acids is 1. The number of benzene rings is 1. The number of aromatic nitrogens is 1. The molecule has 0 spiro atoms. The summed E-state index contributed by atoms with van der Waals surface area (Å²) in [6.45, 7) is 3.67. The highest BCUT2D eigenvalue weighted by atomic mass is 32.2. The number of fused-ring (bicyclic) bond motifs is 1. The molecule has 1 amide bonds. The summed E-state index contributed by atoms with van der Waals surface area (Å²) in [5, 5.41) is 12.7. The van der Waals surface area contributed by atoms with Crippen LogP contribution in [0.1, 0.15) is 72.6 Å². The first-order valence-corrected chi connectivity index (χ1v) is 14.2. The van der Waals surface area contributed by atoms with Crippen molar-refractivity contribution < 1.29 is 32.3 Å². The summed E-state index contributed by atoms with van der Waals surface area (Å²) in [5.41, 5.74) is 2.65. The molecule has 1 aromatic carbocycles. The van der Waals surface area contributed by atoms with Crippen molar-refractivity contribution in [1.29, 1.82) is 0 Å². The molecule has 0 radical (unpaired) electrons. The largest absolute Gasteiger partial charge is 0.479 e. The third-order valence-corrected chi connectivity index (χ3v) is 8.23. The average molecular weight is 558 g/mol. The molecule has 1 unspecified atom stereocenters. The number of hydrogen-bond donors (Lipinski definition) is 3. The molecule has 4 rings (SSSR count). The Morgan fingerprint density at radius 1 is 1.26 bits per heavy atom. The molecule has 1 aliphatic rings. The van der Waals surface area contributed by atoms with Crippen LogP contribution in [-0.4, -0.2) is 61.0 Å². The number of ether oxygens (including phenoxy) is 1. The third-order valence-electron chi connectivity index (χ3n) is 7.43. The van der Waals surface area contributed by atoms with Gasteiger partial charge in [-0.3, -0.25) is 4.79 Å². The van der Waals surface area contributed by atoms with Crippen LogP contribution in [0, 0.1) is 0 Å². The Kier molecular flexibility index (Phi) is 8.73. The molecule has 11 heteroatoms. The lowest BCUT2D eigenvalue weighted by Gasteiger charge is -2.24. The number of rotatable bonds is 13. The van der Waals surface area contributed by atoms with Gasteiger partial charge in [0.15, 0.2) is 5.60 Å². The molecule has 1 atom stereocenters. The first kappa shape index (κ1) is 28.7. The minimum atomic E-state index is -2.95. The third kappa shape index (κ3) is 6.15. The van der Waals surface area contributed by atoms with Crippen LogP contribution in [0.15, 0.2) is 34.7 Å². The van der Waals surface area contributed by atoms with E-state index in [2.05, 4.69) is 12.2 Å². The second-order valence-electron chi connectivity index (χ2n) is 10.1. The van der Waals surface area contributed by atoms with E-state index in [1.54, 1.807) is 7.05 Å². The quantitative estimate of drug-likeness (QED) is 0.269. The van der Waals surface area contributed by atoms with Crippen LogP contribution in [0.25, 0.3) is 22.4 Å². The zero-order valence-corrected chi connectivity index (χ0v) is 23.5. The van der Waals surface area contributed by atoms with Crippen LogP contribution in [0.3, 0.4) is 0 Å². The van der Waals surface area contributed by atoms with Crippen molar-refractivity contribution in [2.45, 2.75) is 64.0 Å². The predicted molar refractivity (Wildman–Crippen MR) is 147 cm³/mol. The zero-order valence-electron chi connectivity index (χ0n) is 22.7. The molecule has 1 aliphatic carbocycles. The number of thiol groups is 1. The van der Waals surface area contributed by atoms with Crippen molar-refractivity contribution in [3.63, 3.8) is 0 Å². The van der Waals surface area contributed by atoms with Gasteiger partial charge in [-0.15, -0.1) is 0 Å². The summed E-state index contributed by atoms with van der Waals surface area (Å²) in [4.78, 5) is 29.3.